The zero-order chi connectivity index (χ0) is 10.2. The predicted molar refractivity (Wildman–Crippen MR) is 55.5 cm³/mol. The van der Waals surface area contributed by atoms with Gasteiger partial charge in [-0.05, 0) is 33.5 Å². The number of sulfone groups is 1. The molecule has 0 fully saturated rings. The van der Waals surface area contributed by atoms with Crippen molar-refractivity contribution in [2.45, 2.75) is 19.3 Å². The topological polar surface area (TPSA) is 58.2 Å². The zero-order valence-corrected chi connectivity index (χ0v) is 9.28. The first-order valence-electron chi connectivity index (χ1n) is 4.62. The molecule has 0 saturated carbocycles. The molecular weight excluding hydrogens is 188 g/mol. The Morgan fingerprint density at radius 2 is 1.69 bits per heavy atom. The van der Waals surface area contributed by atoms with Crippen molar-refractivity contribution in [2.75, 3.05) is 32.3 Å². The number of rotatable bonds is 8. The van der Waals surface area contributed by atoms with Crippen LogP contribution in [0.3, 0.4) is 0 Å². The van der Waals surface area contributed by atoms with E-state index in [1.807, 2.05) is 7.05 Å². The molecule has 2 N–H and O–H groups in total. The lowest BCUT2D eigenvalue weighted by Crippen LogP contribution is -2.21. The van der Waals surface area contributed by atoms with Gasteiger partial charge in [0, 0.05) is 0 Å². The van der Waals surface area contributed by atoms with E-state index in [2.05, 4.69) is 10.6 Å². The highest BCUT2D eigenvalue weighted by Gasteiger charge is 2.07. The molecule has 0 unspecified atom stereocenters. The van der Waals surface area contributed by atoms with Gasteiger partial charge in [-0.2, -0.15) is 0 Å². The standard InChI is InChI=1S/C8H20N2O2S/c1-9-6-4-3-5-7-13(11,12)8-10-2/h9-10H,3-8H2,1-2H3. The Kier molecular flexibility index (Phi) is 7.22. The molecule has 0 aliphatic heterocycles. The molecule has 0 atom stereocenters. The quantitative estimate of drug-likeness (QED) is 0.550. The van der Waals surface area contributed by atoms with Crippen molar-refractivity contribution >= 4 is 9.84 Å². The van der Waals surface area contributed by atoms with E-state index in [1.165, 1.54) is 0 Å². The van der Waals surface area contributed by atoms with Gasteiger partial charge in [0.1, 0.15) is 0 Å². The highest BCUT2D eigenvalue weighted by molar-refractivity contribution is 7.91. The molecule has 0 saturated heterocycles. The van der Waals surface area contributed by atoms with Gasteiger partial charge in [0.25, 0.3) is 0 Å². The van der Waals surface area contributed by atoms with Crippen LogP contribution in [0.15, 0.2) is 0 Å². The van der Waals surface area contributed by atoms with Crippen LogP contribution in [0.2, 0.25) is 0 Å². The molecular formula is C8H20N2O2S. The minimum atomic E-state index is -2.85. The predicted octanol–water partition coefficient (Wildman–Crippen LogP) is -0.0322. The summed E-state index contributed by atoms with van der Waals surface area (Å²) in [5.74, 6) is 0.399. The molecule has 0 bridgehead atoms. The summed E-state index contributed by atoms with van der Waals surface area (Å²) in [6.07, 6.45) is 2.79. The van der Waals surface area contributed by atoms with Gasteiger partial charge in [0.05, 0.1) is 11.6 Å². The fourth-order valence-electron chi connectivity index (χ4n) is 1.09. The summed E-state index contributed by atoms with van der Waals surface area (Å²) in [5, 5.41) is 5.69. The Labute approximate surface area is 81.0 Å². The molecule has 4 nitrogen and oxygen atoms in total. The molecule has 0 heterocycles. The molecule has 0 aliphatic carbocycles. The van der Waals surface area contributed by atoms with E-state index < -0.39 is 9.84 Å². The first kappa shape index (κ1) is 12.9. The van der Waals surface area contributed by atoms with E-state index in [0.717, 1.165) is 25.8 Å². The maximum Gasteiger partial charge on any atom is 0.163 e. The maximum atomic E-state index is 11.2. The lowest BCUT2D eigenvalue weighted by atomic mass is 10.2. The van der Waals surface area contributed by atoms with Crippen LogP contribution in [-0.2, 0) is 9.84 Å². The van der Waals surface area contributed by atoms with E-state index in [9.17, 15) is 8.42 Å². The minimum Gasteiger partial charge on any atom is -0.320 e. The first-order valence-corrected chi connectivity index (χ1v) is 6.44. The summed E-state index contributed by atoms with van der Waals surface area (Å²) in [4.78, 5) is 0. The summed E-state index contributed by atoms with van der Waals surface area (Å²) < 4.78 is 22.4. The average molecular weight is 208 g/mol. The van der Waals surface area contributed by atoms with Gasteiger partial charge in [0.2, 0.25) is 0 Å². The van der Waals surface area contributed by atoms with Gasteiger partial charge in [-0.1, -0.05) is 6.42 Å². The van der Waals surface area contributed by atoms with Gasteiger partial charge in [0.15, 0.2) is 9.84 Å². The molecule has 5 heteroatoms. The summed E-state index contributed by atoms with van der Waals surface area (Å²) in [5.41, 5.74) is 0. The van der Waals surface area contributed by atoms with Crippen LogP contribution in [0.4, 0.5) is 0 Å². The normalized spacial score (nSPS) is 11.8. The Morgan fingerprint density at radius 1 is 1.00 bits per heavy atom. The third-order valence-electron chi connectivity index (χ3n) is 1.75. The number of nitrogens with one attached hydrogen (secondary N) is 2. The van der Waals surface area contributed by atoms with E-state index in [-0.39, 0.29) is 5.88 Å². The fraction of sp³-hybridized carbons (Fsp3) is 1.00. The van der Waals surface area contributed by atoms with Crippen molar-refractivity contribution in [3.63, 3.8) is 0 Å². The van der Waals surface area contributed by atoms with Crippen molar-refractivity contribution in [3.8, 4) is 0 Å². The highest BCUT2D eigenvalue weighted by atomic mass is 32.2. The van der Waals surface area contributed by atoms with Crippen molar-refractivity contribution in [2.24, 2.45) is 0 Å². The molecule has 0 aromatic heterocycles. The molecule has 0 rings (SSSR count). The summed E-state index contributed by atoms with van der Waals surface area (Å²) in [6, 6.07) is 0. The van der Waals surface area contributed by atoms with Crippen LogP contribution >= 0.6 is 0 Å². The monoisotopic (exact) mass is 208 g/mol. The van der Waals surface area contributed by atoms with Gasteiger partial charge >= 0.3 is 0 Å². The molecule has 0 aromatic rings. The zero-order valence-electron chi connectivity index (χ0n) is 8.47. The van der Waals surface area contributed by atoms with Crippen LogP contribution in [-0.4, -0.2) is 40.7 Å². The SMILES string of the molecule is CNCCCCCS(=O)(=O)CNC. The summed E-state index contributed by atoms with van der Waals surface area (Å²) in [6.45, 7) is 0.964. The third-order valence-corrected chi connectivity index (χ3v) is 3.39. The van der Waals surface area contributed by atoms with Gasteiger partial charge < -0.3 is 10.6 Å². The van der Waals surface area contributed by atoms with Crippen LogP contribution < -0.4 is 10.6 Å². The molecule has 0 spiro atoms. The second-order valence-corrected chi connectivity index (χ2v) is 5.29. The van der Waals surface area contributed by atoms with Crippen LogP contribution in [0.1, 0.15) is 19.3 Å². The lowest BCUT2D eigenvalue weighted by Gasteiger charge is -2.02. The lowest BCUT2D eigenvalue weighted by molar-refractivity contribution is 0.584. The van der Waals surface area contributed by atoms with Crippen LogP contribution in [0.5, 0.6) is 0 Å². The third kappa shape index (κ3) is 8.21. The second kappa shape index (κ2) is 7.29. The summed E-state index contributed by atoms with van der Waals surface area (Å²) >= 11 is 0. The molecule has 13 heavy (non-hydrogen) atoms. The van der Waals surface area contributed by atoms with Crippen LogP contribution in [0, 0.1) is 0 Å². The molecule has 0 aromatic carbocycles. The smallest absolute Gasteiger partial charge is 0.163 e. The fourth-order valence-corrected chi connectivity index (χ4v) is 2.32. The minimum absolute atomic E-state index is 0.0963. The van der Waals surface area contributed by atoms with Gasteiger partial charge in [-0.3, -0.25) is 0 Å². The Balaban J connectivity index is 3.41. The summed E-state index contributed by atoms with van der Waals surface area (Å²) in [7, 11) is 0.702. The molecule has 80 valence electrons. The van der Waals surface area contributed by atoms with Crippen molar-refractivity contribution < 1.29 is 8.42 Å². The number of hydrogen-bond donors (Lipinski definition) is 2. The number of unbranched alkanes of at least 4 members (excludes halogenated alkanes) is 2. The van der Waals surface area contributed by atoms with Crippen molar-refractivity contribution in [3.05, 3.63) is 0 Å². The molecule has 0 radical (unpaired) electrons. The number of hydrogen-bond acceptors (Lipinski definition) is 4. The van der Waals surface area contributed by atoms with E-state index in [0.29, 0.717) is 5.75 Å². The van der Waals surface area contributed by atoms with E-state index >= 15 is 0 Å². The van der Waals surface area contributed by atoms with Gasteiger partial charge in [-0.25, -0.2) is 8.42 Å². The second-order valence-electron chi connectivity index (χ2n) is 3.11. The molecule has 0 aliphatic rings. The van der Waals surface area contributed by atoms with E-state index in [1.54, 1.807) is 7.05 Å². The largest absolute Gasteiger partial charge is 0.320 e. The Bertz CT molecular complexity index is 202. The van der Waals surface area contributed by atoms with Crippen LogP contribution in [0.25, 0.3) is 0 Å². The Morgan fingerprint density at radius 3 is 2.23 bits per heavy atom. The average Bonchev–Trinajstić information content (AvgIpc) is 2.04. The van der Waals surface area contributed by atoms with Gasteiger partial charge in [-0.15, -0.1) is 0 Å². The van der Waals surface area contributed by atoms with Crippen molar-refractivity contribution in [1.29, 1.82) is 0 Å². The highest BCUT2D eigenvalue weighted by Crippen LogP contribution is 1.98. The molecule has 0 amide bonds. The van der Waals surface area contributed by atoms with Crippen molar-refractivity contribution in [1.82, 2.24) is 10.6 Å². The maximum absolute atomic E-state index is 11.2. The Hall–Kier alpha value is -0.130. The van der Waals surface area contributed by atoms with E-state index in [4.69, 9.17) is 0 Å². The first-order chi connectivity index (χ1) is 6.12.